The van der Waals surface area contributed by atoms with E-state index >= 15 is 0 Å². The normalized spacial score (nSPS) is 8.67. The fourth-order valence-electron chi connectivity index (χ4n) is 0.284. The van der Waals surface area contributed by atoms with Crippen LogP contribution in [-0.4, -0.2) is 38.0 Å². The van der Waals surface area contributed by atoms with Gasteiger partial charge in [0.1, 0.15) is 6.61 Å². The van der Waals surface area contributed by atoms with Gasteiger partial charge in [-0.1, -0.05) is 0 Å². The van der Waals surface area contributed by atoms with Crippen LogP contribution in [0.2, 0.25) is 0 Å². The molecule has 0 saturated carbocycles. The highest BCUT2D eigenvalue weighted by atomic mass is 16.5. The number of likely N-dealkylation sites (N-methyl/N-ethyl adjacent to an activating group) is 1. The van der Waals surface area contributed by atoms with E-state index in [1.54, 1.807) is 0 Å². The summed E-state index contributed by atoms with van der Waals surface area (Å²) >= 11 is 0. The van der Waals surface area contributed by atoms with E-state index in [-0.39, 0.29) is 12.5 Å². The van der Waals surface area contributed by atoms with E-state index in [1.165, 1.54) is 14.2 Å². The van der Waals surface area contributed by atoms with Crippen LogP contribution in [0.15, 0.2) is 0 Å². The van der Waals surface area contributed by atoms with Crippen LogP contribution in [0, 0.1) is 0 Å². The van der Waals surface area contributed by atoms with E-state index in [0.717, 1.165) is 4.90 Å². The first-order valence-corrected chi connectivity index (χ1v) is 2.42. The fourth-order valence-corrected chi connectivity index (χ4v) is 0.284. The molecule has 0 aromatic rings. The molecule has 0 aromatic heterocycles. The van der Waals surface area contributed by atoms with Crippen molar-refractivity contribution in [3.05, 3.63) is 0 Å². The van der Waals surface area contributed by atoms with Crippen molar-refractivity contribution in [2.24, 2.45) is 0 Å². The number of hydrogen-bond acceptors (Lipinski definition) is 3. The van der Waals surface area contributed by atoms with Crippen molar-refractivity contribution >= 4 is 12.3 Å². The summed E-state index contributed by atoms with van der Waals surface area (Å²) in [5, 5.41) is 0. The summed E-state index contributed by atoms with van der Waals surface area (Å²) in [5.41, 5.74) is 0. The summed E-state index contributed by atoms with van der Waals surface area (Å²) in [7, 11) is 2.78. The van der Waals surface area contributed by atoms with Gasteiger partial charge in [0.15, 0.2) is 0 Å². The summed E-state index contributed by atoms with van der Waals surface area (Å²) in [5.74, 6) is -0.340. The molecule has 0 unspecified atom stereocenters. The quantitative estimate of drug-likeness (QED) is 0.473. The van der Waals surface area contributed by atoms with Gasteiger partial charge < -0.3 is 4.74 Å². The van der Waals surface area contributed by atoms with Gasteiger partial charge in [0.25, 0.3) is 5.91 Å². The Morgan fingerprint density at radius 3 is 2.67 bits per heavy atom. The minimum absolute atomic E-state index is 0.0464. The van der Waals surface area contributed by atoms with Crippen LogP contribution in [0.3, 0.4) is 0 Å². The molecule has 0 aliphatic rings. The summed E-state index contributed by atoms with van der Waals surface area (Å²) < 4.78 is 4.48. The highest BCUT2D eigenvalue weighted by Crippen LogP contribution is 1.78. The van der Waals surface area contributed by atoms with Gasteiger partial charge in [-0.25, -0.2) is 0 Å². The average molecular weight is 131 g/mol. The van der Waals surface area contributed by atoms with Crippen molar-refractivity contribution in [2.45, 2.75) is 0 Å². The Hall–Kier alpha value is -0.900. The van der Waals surface area contributed by atoms with E-state index < -0.39 is 0 Å². The minimum atomic E-state index is -0.340. The third-order valence-electron chi connectivity index (χ3n) is 0.819. The van der Waals surface area contributed by atoms with E-state index in [4.69, 9.17) is 0 Å². The zero-order valence-corrected chi connectivity index (χ0v) is 5.46. The van der Waals surface area contributed by atoms with Gasteiger partial charge in [0.2, 0.25) is 6.41 Å². The molecule has 9 heavy (non-hydrogen) atoms. The second-order valence-corrected chi connectivity index (χ2v) is 1.54. The van der Waals surface area contributed by atoms with Crippen molar-refractivity contribution in [3.63, 3.8) is 0 Å². The van der Waals surface area contributed by atoms with Gasteiger partial charge in [-0.3, -0.25) is 14.5 Å². The van der Waals surface area contributed by atoms with Crippen molar-refractivity contribution < 1.29 is 14.3 Å². The first-order valence-electron chi connectivity index (χ1n) is 2.42. The Labute approximate surface area is 53.4 Å². The number of carbonyl (C=O) groups is 2. The van der Waals surface area contributed by atoms with Gasteiger partial charge in [-0.05, 0) is 0 Å². The van der Waals surface area contributed by atoms with E-state index in [9.17, 15) is 9.59 Å². The molecule has 0 heterocycles. The Morgan fingerprint density at radius 2 is 2.33 bits per heavy atom. The lowest BCUT2D eigenvalue weighted by Crippen LogP contribution is -2.28. The van der Waals surface area contributed by atoms with Crippen molar-refractivity contribution in [2.75, 3.05) is 20.8 Å². The second-order valence-electron chi connectivity index (χ2n) is 1.54. The molecule has 0 aliphatic heterocycles. The predicted octanol–water partition coefficient (Wildman–Crippen LogP) is -0.752. The monoisotopic (exact) mass is 131 g/mol. The van der Waals surface area contributed by atoms with Crippen molar-refractivity contribution in [3.8, 4) is 0 Å². The molecular formula is C5H9NO3. The summed E-state index contributed by atoms with van der Waals surface area (Å²) in [6.45, 7) is -0.0464. The minimum Gasteiger partial charge on any atom is -0.375 e. The van der Waals surface area contributed by atoms with Crippen LogP contribution in [-0.2, 0) is 14.3 Å². The van der Waals surface area contributed by atoms with Crippen molar-refractivity contribution in [1.82, 2.24) is 4.90 Å². The van der Waals surface area contributed by atoms with Crippen LogP contribution in [0.25, 0.3) is 0 Å². The first kappa shape index (κ1) is 8.10. The van der Waals surface area contributed by atoms with Gasteiger partial charge in [0.05, 0.1) is 0 Å². The number of hydrogen-bond donors (Lipinski definition) is 0. The van der Waals surface area contributed by atoms with Crippen LogP contribution >= 0.6 is 0 Å². The smallest absolute Gasteiger partial charge is 0.254 e. The first-order chi connectivity index (χ1) is 4.22. The molecule has 0 aliphatic carbocycles. The average Bonchev–Trinajstić information content (AvgIpc) is 1.87. The zero-order chi connectivity index (χ0) is 7.28. The molecule has 0 atom stereocenters. The number of amides is 2. The highest BCUT2D eigenvalue weighted by Gasteiger charge is 2.04. The Bertz CT molecular complexity index is 113. The lowest BCUT2D eigenvalue weighted by atomic mass is 10.6. The maximum Gasteiger partial charge on any atom is 0.254 e. The fraction of sp³-hybridized carbons (Fsp3) is 0.600. The number of nitrogens with zero attached hydrogens (tertiary/aromatic N) is 1. The molecule has 0 bridgehead atoms. The molecule has 0 rings (SSSR count). The molecule has 0 aromatic carbocycles. The third-order valence-corrected chi connectivity index (χ3v) is 0.819. The summed E-state index contributed by atoms with van der Waals surface area (Å²) in [6, 6.07) is 0. The molecule has 0 fully saturated rings. The number of methoxy groups -OCH3 is 1. The number of rotatable bonds is 3. The maximum absolute atomic E-state index is 10.5. The molecule has 2 amide bonds. The third kappa shape index (κ3) is 2.81. The lowest BCUT2D eigenvalue weighted by molar-refractivity contribution is -0.139. The van der Waals surface area contributed by atoms with Crippen LogP contribution < -0.4 is 0 Å². The van der Waals surface area contributed by atoms with Gasteiger partial charge in [-0.15, -0.1) is 0 Å². The summed E-state index contributed by atoms with van der Waals surface area (Å²) in [4.78, 5) is 21.3. The summed E-state index contributed by atoms with van der Waals surface area (Å²) in [6.07, 6.45) is 0.446. The molecule has 52 valence electrons. The van der Waals surface area contributed by atoms with Crippen LogP contribution in [0.1, 0.15) is 0 Å². The standard InChI is InChI=1S/C5H9NO3/c1-6(4-7)5(8)3-9-2/h4H,3H2,1-2H3. The number of imide groups is 1. The topological polar surface area (TPSA) is 46.6 Å². The Kier molecular flexibility index (Phi) is 3.62. The van der Waals surface area contributed by atoms with E-state index in [1.807, 2.05) is 0 Å². The van der Waals surface area contributed by atoms with Gasteiger partial charge in [-0.2, -0.15) is 0 Å². The van der Waals surface area contributed by atoms with E-state index in [2.05, 4.69) is 4.74 Å². The molecule has 4 nitrogen and oxygen atoms in total. The Morgan fingerprint density at radius 1 is 1.78 bits per heavy atom. The second kappa shape index (κ2) is 4.03. The lowest BCUT2D eigenvalue weighted by Gasteiger charge is -2.05. The Balaban J connectivity index is 3.58. The maximum atomic E-state index is 10.5. The SMILES string of the molecule is COCC(=O)N(C)C=O. The van der Waals surface area contributed by atoms with Crippen LogP contribution in [0.5, 0.6) is 0 Å². The predicted molar refractivity (Wildman–Crippen MR) is 30.7 cm³/mol. The molecule has 4 heteroatoms. The van der Waals surface area contributed by atoms with E-state index in [0.29, 0.717) is 6.41 Å². The van der Waals surface area contributed by atoms with Gasteiger partial charge >= 0.3 is 0 Å². The molecular weight excluding hydrogens is 122 g/mol. The molecule has 0 spiro atoms. The highest BCUT2D eigenvalue weighted by molar-refractivity contribution is 5.86. The van der Waals surface area contributed by atoms with Crippen molar-refractivity contribution in [1.29, 1.82) is 0 Å². The molecule has 0 radical (unpaired) electrons. The largest absolute Gasteiger partial charge is 0.375 e. The zero-order valence-electron chi connectivity index (χ0n) is 5.46. The number of carbonyl (C=O) groups excluding carboxylic acids is 2. The molecule has 0 N–H and O–H groups in total. The van der Waals surface area contributed by atoms with Crippen LogP contribution in [0.4, 0.5) is 0 Å². The van der Waals surface area contributed by atoms with Gasteiger partial charge in [0, 0.05) is 14.2 Å². The number of ether oxygens (including phenoxy) is 1. The molecule has 0 saturated heterocycles.